The Hall–Kier alpha value is -0.780. The first-order valence-corrected chi connectivity index (χ1v) is 16.7. The van der Waals surface area contributed by atoms with Crippen LogP contribution in [0.1, 0.15) is 158 Å². The van der Waals surface area contributed by atoms with Gasteiger partial charge >= 0.3 is 0 Å². The molecule has 0 heterocycles. The van der Waals surface area contributed by atoms with Crippen molar-refractivity contribution in [1.82, 2.24) is 0 Å². The van der Waals surface area contributed by atoms with Gasteiger partial charge in [-0.05, 0) is 83.1 Å². The summed E-state index contributed by atoms with van der Waals surface area (Å²) in [5.41, 5.74) is 4.34. The van der Waals surface area contributed by atoms with Crippen LogP contribution in [0.3, 0.4) is 0 Å². The molecule has 0 radical (unpaired) electrons. The maximum atomic E-state index is 2.46. The molecule has 222 valence electrons. The molecule has 3 aliphatic rings. The van der Waals surface area contributed by atoms with Gasteiger partial charge in [-0.3, -0.25) is 0 Å². The zero-order valence-corrected chi connectivity index (χ0v) is 28.3. The molecule has 1 aromatic rings. The van der Waals surface area contributed by atoms with E-state index >= 15 is 0 Å². The Labute approximate surface area is 241 Å². The molecule has 0 spiro atoms. The molecule has 38 heavy (non-hydrogen) atoms. The smallest absolute Gasteiger partial charge is 0.0242 e. The van der Waals surface area contributed by atoms with E-state index in [9.17, 15) is 0 Å². The van der Waals surface area contributed by atoms with E-state index in [-0.39, 0.29) is 0 Å². The summed E-state index contributed by atoms with van der Waals surface area (Å²) >= 11 is 0. The zero-order valence-electron chi connectivity index (χ0n) is 28.3. The van der Waals surface area contributed by atoms with Gasteiger partial charge in [0, 0.05) is 0 Å². The molecule has 1 aromatic carbocycles. The van der Waals surface area contributed by atoms with E-state index in [0.717, 1.165) is 35.5 Å². The maximum absolute atomic E-state index is 2.46. The summed E-state index contributed by atoms with van der Waals surface area (Å²) in [5.74, 6) is 5.39. The lowest BCUT2D eigenvalue weighted by molar-refractivity contribution is 0.143. The molecule has 0 unspecified atom stereocenters. The predicted molar refractivity (Wildman–Crippen MR) is 174 cm³/mol. The molecule has 0 bridgehead atoms. The van der Waals surface area contributed by atoms with Crippen molar-refractivity contribution < 1.29 is 0 Å². The molecule has 4 rings (SSSR count). The van der Waals surface area contributed by atoms with Gasteiger partial charge in [-0.1, -0.05) is 159 Å². The van der Waals surface area contributed by atoms with Crippen molar-refractivity contribution >= 4 is 0 Å². The molecule has 0 heteroatoms. The number of fused-ring (bicyclic) bond motifs is 1. The average Bonchev–Trinajstić information content (AvgIpc) is 3.31. The molecule has 0 aromatic heterocycles. The second-order valence-corrected chi connectivity index (χ2v) is 15.7. The van der Waals surface area contributed by atoms with Gasteiger partial charge in [-0.25, -0.2) is 0 Å². The summed E-state index contributed by atoms with van der Waals surface area (Å²) in [4.78, 5) is 0. The Balaban J connectivity index is 0.000000259. The van der Waals surface area contributed by atoms with E-state index in [1.54, 1.807) is 11.1 Å². The minimum absolute atomic E-state index is 0.500. The molecular formula is C38H70. The van der Waals surface area contributed by atoms with E-state index in [4.69, 9.17) is 0 Å². The summed E-state index contributed by atoms with van der Waals surface area (Å²) in [7, 11) is 0. The van der Waals surface area contributed by atoms with Gasteiger partial charge in [0.25, 0.3) is 0 Å². The van der Waals surface area contributed by atoms with Gasteiger partial charge in [0.15, 0.2) is 0 Å². The van der Waals surface area contributed by atoms with Crippen LogP contribution in [0.5, 0.6) is 0 Å². The molecule has 0 aliphatic heterocycles. The minimum Gasteiger partial charge on any atom is -0.0625 e. The molecule has 3 aliphatic carbocycles. The highest BCUT2D eigenvalue weighted by Crippen LogP contribution is 2.41. The lowest BCUT2D eigenvalue weighted by Crippen LogP contribution is -2.25. The molecule has 0 saturated heterocycles. The molecule has 2 fully saturated rings. The summed E-state index contributed by atoms with van der Waals surface area (Å²) in [6.45, 7) is 27.8. The highest BCUT2D eigenvalue weighted by Gasteiger charge is 2.29. The largest absolute Gasteiger partial charge is 0.0625 e. The minimum atomic E-state index is 0.500. The number of hydrogen-bond acceptors (Lipinski definition) is 0. The van der Waals surface area contributed by atoms with Gasteiger partial charge in [0.05, 0.1) is 0 Å². The fourth-order valence-corrected chi connectivity index (χ4v) is 5.80. The Morgan fingerprint density at radius 3 is 1.32 bits per heavy atom. The van der Waals surface area contributed by atoms with Crippen LogP contribution >= 0.6 is 0 Å². The standard InChI is InChI=1S/C12H16.C10H20.C9H18.C7H16/c1-9(2)12-7-10-5-3-4-6-11(10)8-12;1-9(2)10(3)7-5-4-6-8-10;1-8(2)9-6-4-3-5-7-9;1-6(2)7(3,4)5/h3-6,9,12H,7-8H2,1-2H3;9H,4-8H2,1-3H3;8-9H,3-7H2,1-2H3;6H,1-5H3. The third-order valence-corrected chi connectivity index (χ3v) is 10.7. The van der Waals surface area contributed by atoms with E-state index in [1.165, 1.54) is 77.0 Å². The van der Waals surface area contributed by atoms with Crippen molar-refractivity contribution in [2.24, 2.45) is 46.3 Å². The van der Waals surface area contributed by atoms with Crippen molar-refractivity contribution in [2.45, 2.75) is 160 Å². The number of rotatable bonds is 3. The lowest BCUT2D eigenvalue weighted by Gasteiger charge is -2.37. The van der Waals surface area contributed by atoms with Crippen molar-refractivity contribution in [3.05, 3.63) is 35.4 Å². The Morgan fingerprint density at radius 2 is 1.03 bits per heavy atom. The van der Waals surface area contributed by atoms with Crippen LogP contribution in [0, 0.1) is 46.3 Å². The molecule has 0 nitrogen and oxygen atoms in total. The highest BCUT2D eigenvalue weighted by molar-refractivity contribution is 5.32. The normalized spacial score (nSPS) is 19.8. The van der Waals surface area contributed by atoms with Crippen molar-refractivity contribution in [1.29, 1.82) is 0 Å². The van der Waals surface area contributed by atoms with Crippen LogP contribution in [0.15, 0.2) is 24.3 Å². The molecular weight excluding hydrogens is 456 g/mol. The predicted octanol–water partition coefficient (Wildman–Crippen LogP) is 12.6. The first-order chi connectivity index (χ1) is 17.7. The maximum Gasteiger partial charge on any atom is -0.0242 e. The van der Waals surface area contributed by atoms with Gasteiger partial charge in [0.2, 0.25) is 0 Å². The van der Waals surface area contributed by atoms with E-state index < -0.39 is 0 Å². The summed E-state index contributed by atoms with van der Waals surface area (Å²) in [6.07, 6.45) is 17.4. The van der Waals surface area contributed by atoms with Crippen LogP contribution in [0.4, 0.5) is 0 Å². The molecule has 0 amide bonds. The van der Waals surface area contributed by atoms with Crippen LogP contribution in [-0.2, 0) is 12.8 Å². The van der Waals surface area contributed by atoms with Crippen molar-refractivity contribution in [3.63, 3.8) is 0 Å². The van der Waals surface area contributed by atoms with Crippen LogP contribution in [0.25, 0.3) is 0 Å². The average molecular weight is 527 g/mol. The Bertz CT molecular complexity index is 692. The topological polar surface area (TPSA) is 0 Å². The zero-order chi connectivity index (χ0) is 28.9. The molecule has 0 N–H and O–H groups in total. The van der Waals surface area contributed by atoms with Gasteiger partial charge < -0.3 is 0 Å². The van der Waals surface area contributed by atoms with Gasteiger partial charge in [-0.2, -0.15) is 0 Å². The second-order valence-electron chi connectivity index (χ2n) is 15.7. The second kappa shape index (κ2) is 17.1. The van der Waals surface area contributed by atoms with Gasteiger partial charge in [-0.15, -0.1) is 0 Å². The van der Waals surface area contributed by atoms with E-state index in [2.05, 4.69) is 107 Å². The Kier molecular flexibility index (Phi) is 15.9. The van der Waals surface area contributed by atoms with E-state index in [0.29, 0.717) is 10.8 Å². The summed E-state index contributed by atoms with van der Waals surface area (Å²) < 4.78 is 0. The van der Waals surface area contributed by atoms with Crippen molar-refractivity contribution in [2.75, 3.05) is 0 Å². The first-order valence-electron chi connectivity index (χ1n) is 16.7. The van der Waals surface area contributed by atoms with Crippen LogP contribution < -0.4 is 0 Å². The van der Waals surface area contributed by atoms with E-state index in [1.807, 2.05) is 0 Å². The Morgan fingerprint density at radius 1 is 0.632 bits per heavy atom. The lowest BCUT2D eigenvalue weighted by atomic mass is 9.69. The van der Waals surface area contributed by atoms with Crippen LogP contribution in [0.2, 0.25) is 0 Å². The highest BCUT2D eigenvalue weighted by atomic mass is 14.3. The first kappa shape index (κ1) is 35.2. The molecule has 2 saturated carbocycles. The van der Waals surface area contributed by atoms with Crippen molar-refractivity contribution in [3.8, 4) is 0 Å². The fourth-order valence-electron chi connectivity index (χ4n) is 5.80. The third-order valence-electron chi connectivity index (χ3n) is 10.7. The fraction of sp³-hybridized carbons (Fsp3) is 0.842. The monoisotopic (exact) mass is 527 g/mol. The quantitative estimate of drug-likeness (QED) is 0.367. The summed E-state index contributed by atoms with van der Waals surface area (Å²) in [5, 5.41) is 0. The third kappa shape index (κ3) is 13.0. The number of benzene rings is 1. The molecule has 0 atom stereocenters. The number of hydrogen-bond donors (Lipinski definition) is 0. The van der Waals surface area contributed by atoms with Crippen LogP contribution in [-0.4, -0.2) is 0 Å². The SMILES string of the molecule is CC(C)C(C)(C)C.CC(C)C1(C)CCCCC1.CC(C)C1CCCCC1.CC(C)C1Cc2ccccc2C1. The summed E-state index contributed by atoms with van der Waals surface area (Å²) in [6, 6.07) is 8.86. The van der Waals surface area contributed by atoms with Gasteiger partial charge in [0.1, 0.15) is 0 Å².